The number of allylic oxidation sites excluding steroid dienone is 7. The summed E-state index contributed by atoms with van der Waals surface area (Å²) in [6, 6.07) is -0.871. The summed E-state index contributed by atoms with van der Waals surface area (Å²) in [7, 11) is 1.55. The number of unbranched alkanes of at least 4 members (excludes halogenated alkanes) is 32. The smallest absolute Gasteiger partial charge is 0.387 e. The van der Waals surface area contributed by atoms with Crippen molar-refractivity contribution in [3.63, 3.8) is 0 Å². The normalized spacial score (nSPS) is 14.3. The van der Waals surface area contributed by atoms with Gasteiger partial charge in [0, 0.05) is 6.42 Å². The largest absolute Gasteiger partial charge is 0.472 e. The van der Waals surface area contributed by atoms with Gasteiger partial charge in [0.2, 0.25) is 5.91 Å². The van der Waals surface area contributed by atoms with Gasteiger partial charge >= 0.3 is 7.82 Å². The number of aliphatic hydroxyl groups is 1. The lowest BCUT2D eigenvalue weighted by Gasteiger charge is -2.25. The Kier molecular flexibility index (Phi) is 47.4. The van der Waals surface area contributed by atoms with E-state index in [4.69, 9.17) is 9.05 Å². The van der Waals surface area contributed by atoms with Gasteiger partial charge in [0.1, 0.15) is 13.2 Å². The van der Waals surface area contributed by atoms with E-state index >= 15 is 0 Å². The first-order valence-electron chi connectivity index (χ1n) is 28.0. The highest BCUT2D eigenvalue weighted by atomic mass is 31.2. The van der Waals surface area contributed by atoms with Gasteiger partial charge in [0.25, 0.3) is 0 Å². The number of hydrogen-bond donors (Lipinski definition) is 3. The molecule has 0 fully saturated rings. The molecule has 388 valence electrons. The molecule has 9 heteroatoms. The number of nitrogens with zero attached hydrogens (tertiary/aromatic N) is 1. The molecule has 0 bridgehead atoms. The summed E-state index contributed by atoms with van der Waals surface area (Å²) in [6.45, 7) is 4.80. The third-order valence-corrected chi connectivity index (χ3v) is 13.5. The molecule has 0 aromatic carbocycles. The van der Waals surface area contributed by atoms with Crippen molar-refractivity contribution >= 4 is 13.7 Å². The summed E-state index contributed by atoms with van der Waals surface area (Å²) in [6.07, 6.45) is 63.5. The van der Waals surface area contributed by atoms with Crippen molar-refractivity contribution < 1.29 is 32.9 Å². The van der Waals surface area contributed by atoms with Crippen molar-refractivity contribution in [3.8, 4) is 0 Å². The third-order valence-electron chi connectivity index (χ3n) is 12.5. The van der Waals surface area contributed by atoms with Gasteiger partial charge in [-0.1, -0.05) is 229 Å². The van der Waals surface area contributed by atoms with Crippen LogP contribution in [0.5, 0.6) is 0 Å². The highest BCUT2D eigenvalue weighted by Crippen LogP contribution is 2.43. The predicted molar refractivity (Wildman–Crippen MR) is 286 cm³/mol. The molecule has 0 saturated heterocycles. The van der Waals surface area contributed by atoms with Crippen LogP contribution >= 0.6 is 7.82 Å². The maximum Gasteiger partial charge on any atom is 0.472 e. The van der Waals surface area contributed by atoms with Gasteiger partial charge in [-0.3, -0.25) is 13.8 Å². The van der Waals surface area contributed by atoms with E-state index in [1.54, 1.807) is 6.08 Å². The highest BCUT2D eigenvalue weighted by molar-refractivity contribution is 7.47. The number of phosphoric ester groups is 1. The van der Waals surface area contributed by atoms with Crippen molar-refractivity contribution in [2.75, 3.05) is 40.9 Å². The summed E-state index contributed by atoms with van der Waals surface area (Å²) in [5, 5.41) is 13.9. The molecule has 0 rings (SSSR count). The Balaban J connectivity index is 4.28. The zero-order valence-electron chi connectivity index (χ0n) is 44.2. The van der Waals surface area contributed by atoms with Crippen LogP contribution in [0, 0.1) is 0 Å². The summed E-state index contributed by atoms with van der Waals surface area (Å²) in [4.78, 5) is 23.3. The van der Waals surface area contributed by atoms with Crippen LogP contribution in [0.4, 0.5) is 0 Å². The molecule has 0 spiro atoms. The van der Waals surface area contributed by atoms with E-state index in [0.717, 1.165) is 44.9 Å². The molecule has 0 aromatic heterocycles. The number of likely N-dealkylation sites (N-methyl/N-ethyl adjacent to an activating group) is 1. The lowest BCUT2D eigenvalue weighted by Crippen LogP contribution is -2.45. The minimum atomic E-state index is -4.36. The molecule has 0 aliphatic heterocycles. The van der Waals surface area contributed by atoms with Crippen LogP contribution in [-0.4, -0.2) is 73.4 Å². The average Bonchev–Trinajstić information content (AvgIpc) is 3.28. The minimum absolute atomic E-state index is 0.0527. The van der Waals surface area contributed by atoms with Crippen molar-refractivity contribution in [1.29, 1.82) is 0 Å². The summed E-state index contributed by atoms with van der Waals surface area (Å²) < 4.78 is 23.7. The van der Waals surface area contributed by atoms with Crippen LogP contribution in [0.15, 0.2) is 48.6 Å². The van der Waals surface area contributed by atoms with E-state index in [2.05, 4.69) is 55.6 Å². The van der Waals surface area contributed by atoms with Gasteiger partial charge < -0.3 is 19.8 Å². The first-order valence-corrected chi connectivity index (χ1v) is 29.5. The van der Waals surface area contributed by atoms with E-state index in [1.807, 2.05) is 27.2 Å². The van der Waals surface area contributed by atoms with Crippen LogP contribution < -0.4 is 5.32 Å². The van der Waals surface area contributed by atoms with Crippen LogP contribution in [0.3, 0.4) is 0 Å². The second-order valence-corrected chi connectivity index (χ2v) is 21.7. The Morgan fingerprint density at radius 2 is 0.833 bits per heavy atom. The quantitative estimate of drug-likeness (QED) is 0.0243. The van der Waals surface area contributed by atoms with E-state index < -0.39 is 20.0 Å². The molecule has 3 atom stereocenters. The van der Waals surface area contributed by atoms with Gasteiger partial charge in [-0.05, 0) is 70.6 Å². The molecule has 3 N–H and O–H groups in total. The number of aliphatic hydroxyl groups excluding tert-OH is 1. The molecular weight excluding hydrogens is 840 g/mol. The van der Waals surface area contributed by atoms with Crippen molar-refractivity contribution in [2.45, 2.75) is 270 Å². The lowest BCUT2D eigenvalue weighted by molar-refractivity contribution is -0.870. The van der Waals surface area contributed by atoms with Crippen molar-refractivity contribution in [1.82, 2.24) is 5.32 Å². The first-order chi connectivity index (χ1) is 32.0. The second-order valence-electron chi connectivity index (χ2n) is 20.3. The number of carbonyl (C=O) groups excluding carboxylic acids is 1. The molecule has 66 heavy (non-hydrogen) atoms. The van der Waals surface area contributed by atoms with E-state index in [0.29, 0.717) is 17.4 Å². The Labute approximate surface area is 409 Å². The highest BCUT2D eigenvalue weighted by Gasteiger charge is 2.27. The van der Waals surface area contributed by atoms with Crippen LogP contribution in [0.2, 0.25) is 0 Å². The van der Waals surface area contributed by atoms with Crippen LogP contribution in [0.1, 0.15) is 258 Å². The second kappa shape index (κ2) is 48.5. The number of phosphoric acid groups is 1. The first kappa shape index (κ1) is 64.5. The summed E-state index contributed by atoms with van der Waals surface area (Å²) >= 11 is 0. The SMILES string of the molecule is CCCCCCCCCCC/C=C/CC/C=C/CC/C=C/C(O)C(COP(=O)(O)OCC[N+](C)(C)C)NC(=O)CCCCCCCCCCC/C=C\CCCCCCCCCCCCCC. The van der Waals surface area contributed by atoms with Gasteiger partial charge in [0.15, 0.2) is 0 Å². The van der Waals surface area contributed by atoms with Gasteiger partial charge in [-0.2, -0.15) is 0 Å². The maximum atomic E-state index is 13.0. The number of carbonyl (C=O) groups is 1. The standard InChI is InChI=1S/C57H109N2O6P/c1-6-8-10-12-14-16-18-20-22-24-26-27-28-29-30-31-33-35-37-39-41-43-45-47-49-51-57(61)58-55(54-65-66(62,63)64-53-52-59(3,4)5)56(60)50-48-46-44-42-40-38-36-34-32-25-23-21-19-17-15-13-11-9-7-2/h29-30,32,34,40,42,48,50,55-56,60H,6-28,31,33,35-39,41,43-47,49,51-54H2,1-5H3,(H-,58,61,62,63)/p+1/b30-29-,34-32+,42-40+,50-48+. The zero-order valence-corrected chi connectivity index (χ0v) is 45.1. The fourth-order valence-corrected chi connectivity index (χ4v) is 8.81. The fraction of sp³-hybridized carbons (Fsp3) is 0.842. The Hall–Kier alpha value is -1.54. The number of hydrogen-bond acceptors (Lipinski definition) is 5. The topological polar surface area (TPSA) is 105 Å². The molecule has 8 nitrogen and oxygen atoms in total. The molecule has 0 aliphatic rings. The van der Waals surface area contributed by atoms with Gasteiger partial charge in [-0.15, -0.1) is 0 Å². The zero-order chi connectivity index (χ0) is 48.5. The predicted octanol–water partition coefficient (Wildman–Crippen LogP) is 16.8. The molecule has 0 saturated carbocycles. The van der Waals surface area contributed by atoms with E-state index in [1.165, 1.54) is 193 Å². The lowest BCUT2D eigenvalue weighted by atomic mass is 10.0. The van der Waals surface area contributed by atoms with E-state index in [-0.39, 0.29) is 19.1 Å². The molecule has 0 heterocycles. The minimum Gasteiger partial charge on any atom is -0.387 e. The Bertz CT molecular complexity index is 1210. The van der Waals surface area contributed by atoms with Gasteiger partial charge in [-0.25, -0.2) is 4.57 Å². The van der Waals surface area contributed by atoms with Crippen molar-refractivity contribution in [2.24, 2.45) is 0 Å². The molecular formula is C57H110N2O6P+. The number of amides is 1. The van der Waals surface area contributed by atoms with Gasteiger partial charge in [0.05, 0.1) is 39.9 Å². The molecule has 3 unspecified atom stereocenters. The number of nitrogens with one attached hydrogen (secondary N) is 1. The molecule has 1 amide bonds. The number of quaternary nitrogens is 1. The number of rotatable bonds is 51. The Morgan fingerprint density at radius 1 is 0.500 bits per heavy atom. The monoisotopic (exact) mass is 950 g/mol. The molecule has 0 aliphatic carbocycles. The molecule has 0 aromatic rings. The van der Waals surface area contributed by atoms with Crippen LogP contribution in [0.25, 0.3) is 0 Å². The summed E-state index contributed by atoms with van der Waals surface area (Å²) in [5.41, 5.74) is 0. The summed E-state index contributed by atoms with van der Waals surface area (Å²) in [5.74, 6) is -0.192. The fourth-order valence-electron chi connectivity index (χ4n) is 8.07. The van der Waals surface area contributed by atoms with E-state index in [9.17, 15) is 19.4 Å². The molecule has 0 radical (unpaired) electrons. The van der Waals surface area contributed by atoms with Crippen LogP contribution in [-0.2, 0) is 18.4 Å². The maximum absolute atomic E-state index is 13.0. The average molecular weight is 950 g/mol. The Morgan fingerprint density at radius 3 is 1.21 bits per heavy atom. The third kappa shape index (κ3) is 50.3. The van der Waals surface area contributed by atoms with Crippen molar-refractivity contribution in [3.05, 3.63) is 48.6 Å².